The van der Waals surface area contributed by atoms with E-state index in [9.17, 15) is 9.59 Å². The Labute approximate surface area is 178 Å². The molecule has 0 atom stereocenters. The van der Waals surface area contributed by atoms with Gasteiger partial charge in [0.25, 0.3) is 0 Å². The summed E-state index contributed by atoms with van der Waals surface area (Å²) in [5.74, 6) is -0.963. The Morgan fingerprint density at radius 3 is 1.21 bits per heavy atom. The van der Waals surface area contributed by atoms with Gasteiger partial charge < -0.3 is 14.9 Å². The third kappa shape index (κ3) is 24.9. The van der Waals surface area contributed by atoms with Crippen LogP contribution >= 0.6 is 0 Å². The number of carbonyl (C=O) groups is 2. The maximum Gasteiger partial charge on any atom is 0.308 e. The first kappa shape index (κ1) is 27.9. The number of unbranched alkanes of at least 4 members (excludes halogenated alkanes) is 17. The molecule has 172 valence electrons. The molecule has 0 saturated heterocycles. The molecule has 0 aliphatic heterocycles. The number of aliphatic hydroxyl groups is 1. The van der Waals surface area contributed by atoms with E-state index in [2.05, 4.69) is 0 Å². The number of rotatable bonds is 23. The molecule has 0 bridgehead atoms. The fraction of sp³-hybridized carbons (Fsp3) is 0.917. The lowest BCUT2D eigenvalue weighted by molar-refractivity contribution is -0.144. The lowest BCUT2D eigenvalue weighted by Gasteiger charge is -2.05. The van der Waals surface area contributed by atoms with Crippen molar-refractivity contribution in [1.29, 1.82) is 0 Å². The predicted molar refractivity (Wildman–Crippen MR) is 118 cm³/mol. The average Bonchev–Trinajstić information content (AvgIpc) is 2.69. The van der Waals surface area contributed by atoms with E-state index in [-0.39, 0.29) is 19.0 Å². The second-order valence-electron chi connectivity index (χ2n) is 8.20. The van der Waals surface area contributed by atoms with Gasteiger partial charge in [-0.15, -0.1) is 0 Å². The molecule has 5 heteroatoms. The van der Waals surface area contributed by atoms with Crippen LogP contribution in [0.2, 0.25) is 0 Å². The fourth-order valence-corrected chi connectivity index (χ4v) is 3.56. The van der Waals surface area contributed by atoms with Crippen LogP contribution in [0.1, 0.15) is 128 Å². The lowest BCUT2D eigenvalue weighted by atomic mass is 10.0. The van der Waals surface area contributed by atoms with Gasteiger partial charge in [0.2, 0.25) is 0 Å². The number of aliphatic carboxylic acids is 1. The molecule has 0 aliphatic carbocycles. The van der Waals surface area contributed by atoms with Crippen LogP contribution in [0.5, 0.6) is 0 Å². The van der Waals surface area contributed by atoms with Crippen LogP contribution in [0, 0.1) is 0 Å². The summed E-state index contributed by atoms with van der Waals surface area (Å²) < 4.78 is 5.01. The Kier molecular flexibility index (Phi) is 22.3. The zero-order valence-corrected chi connectivity index (χ0v) is 18.7. The molecule has 0 aromatic rings. The topological polar surface area (TPSA) is 83.8 Å². The Hall–Kier alpha value is -1.10. The fourth-order valence-electron chi connectivity index (χ4n) is 3.56. The number of ether oxygens (including phenoxy) is 1. The van der Waals surface area contributed by atoms with E-state index in [0.717, 1.165) is 25.7 Å². The van der Waals surface area contributed by atoms with Gasteiger partial charge in [0.15, 0.2) is 0 Å². The standard InChI is InChI=1S/C24H46O5/c25-21-20-24(28)29-22-18-16-14-12-10-8-6-4-2-1-3-5-7-9-11-13-15-17-19-23(26)27/h25H,1-22H2,(H,26,27). The third-order valence-electron chi connectivity index (χ3n) is 5.36. The highest BCUT2D eigenvalue weighted by Crippen LogP contribution is 2.14. The van der Waals surface area contributed by atoms with Crippen LogP contribution in [-0.2, 0) is 14.3 Å². The molecule has 0 amide bonds. The number of aliphatic hydroxyl groups excluding tert-OH is 1. The largest absolute Gasteiger partial charge is 0.481 e. The van der Waals surface area contributed by atoms with E-state index in [1.165, 1.54) is 89.9 Å². The summed E-state index contributed by atoms with van der Waals surface area (Å²) in [4.78, 5) is 21.5. The van der Waals surface area contributed by atoms with Gasteiger partial charge in [0.1, 0.15) is 0 Å². The molecule has 0 aromatic carbocycles. The third-order valence-corrected chi connectivity index (χ3v) is 5.36. The van der Waals surface area contributed by atoms with Crippen LogP contribution < -0.4 is 0 Å². The van der Waals surface area contributed by atoms with E-state index in [0.29, 0.717) is 13.0 Å². The average molecular weight is 415 g/mol. The van der Waals surface area contributed by atoms with Crippen LogP contribution in [0.15, 0.2) is 0 Å². The first-order valence-electron chi connectivity index (χ1n) is 12.1. The first-order valence-corrected chi connectivity index (χ1v) is 12.1. The van der Waals surface area contributed by atoms with Gasteiger partial charge in [-0.05, 0) is 12.8 Å². The van der Waals surface area contributed by atoms with E-state index in [1.54, 1.807) is 0 Å². The van der Waals surface area contributed by atoms with Crippen LogP contribution in [0.3, 0.4) is 0 Å². The first-order chi connectivity index (χ1) is 14.2. The number of esters is 1. The van der Waals surface area contributed by atoms with Crippen molar-refractivity contribution < 1.29 is 24.5 Å². The molecule has 0 aliphatic rings. The van der Waals surface area contributed by atoms with Crippen molar-refractivity contribution in [3.8, 4) is 0 Å². The lowest BCUT2D eigenvalue weighted by Crippen LogP contribution is -2.07. The summed E-state index contributed by atoms with van der Waals surface area (Å²) in [7, 11) is 0. The molecule has 0 radical (unpaired) electrons. The van der Waals surface area contributed by atoms with Crippen LogP contribution in [-0.4, -0.2) is 35.4 Å². The number of carbonyl (C=O) groups excluding carboxylic acids is 1. The highest BCUT2D eigenvalue weighted by molar-refractivity contribution is 5.69. The van der Waals surface area contributed by atoms with Gasteiger partial charge in [-0.2, -0.15) is 0 Å². The molecule has 0 rings (SSSR count). The molecule has 5 nitrogen and oxygen atoms in total. The number of hydrogen-bond donors (Lipinski definition) is 2. The quantitative estimate of drug-likeness (QED) is 0.149. The second kappa shape index (κ2) is 23.2. The summed E-state index contributed by atoms with van der Waals surface area (Å²) in [6, 6.07) is 0. The smallest absolute Gasteiger partial charge is 0.308 e. The minimum absolute atomic E-state index is 0.109. The van der Waals surface area contributed by atoms with Crippen LogP contribution in [0.4, 0.5) is 0 Å². The Morgan fingerprint density at radius 2 is 0.862 bits per heavy atom. The van der Waals surface area contributed by atoms with Gasteiger partial charge in [-0.25, -0.2) is 0 Å². The van der Waals surface area contributed by atoms with Crippen molar-refractivity contribution >= 4 is 11.9 Å². The number of carboxylic acids is 1. The molecule has 0 aromatic heterocycles. The second-order valence-corrected chi connectivity index (χ2v) is 8.20. The molecule has 0 unspecified atom stereocenters. The highest BCUT2D eigenvalue weighted by atomic mass is 16.5. The zero-order valence-electron chi connectivity index (χ0n) is 18.7. The SMILES string of the molecule is O=C(O)CCCCCCCCCCCCCCCCCCCCOC(=O)CCO. The van der Waals surface area contributed by atoms with Crippen molar-refractivity contribution in [1.82, 2.24) is 0 Å². The molecule has 29 heavy (non-hydrogen) atoms. The molecule has 0 spiro atoms. The molecule has 0 heterocycles. The molecular weight excluding hydrogens is 368 g/mol. The Bertz CT molecular complexity index is 370. The minimum Gasteiger partial charge on any atom is -0.481 e. The zero-order chi connectivity index (χ0) is 21.4. The van der Waals surface area contributed by atoms with Crippen LogP contribution in [0.25, 0.3) is 0 Å². The summed E-state index contributed by atoms with van der Waals surface area (Å²) in [5.41, 5.74) is 0. The predicted octanol–water partition coefficient (Wildman–Crippen LogP) is 6.41. The highest BCUT2D eigenvalue weighted by Gasteiger charge is 2.00. The minimum atomic E-state index is -0.669. The van der Waals surface area contributed by atoms with E-state index >= 15 is 0 Å². The summed E-state index contributed by atoms with van der Waals surface area (Å²) in [6.07, 6.45) is 22.8. The monoisotopic (exact) mass is 414 g/mol. The Balaban J connectivity index is 3.05. The van der Waals surface area contributed by atoms with E-state index in [4.69, 9.17) is 14.9 Å². The van der Waals surface area contributed by atoms with Gasteiger partial charge in [-0.3, -0.25) is 9.59 Å². The van der Waals surface area contributed by atoms with Crippen molar-refractivity contribution in [2.24, 2.45) is 0 Å². The van der Waals surface area contributed by atoms with Crippen molar-refractivity contribution in [3.63, 3.8) is 0 Å². The van der Waals surface area contributed by atoms with Gasteiger partial charge in [0.05, 0.1) is 19.6 Å². The maximum absolute atomic E-state index is 11.1. The van der Waals surface area contributed by atoms with Gasteiger partial charge in [-0.1, -0.05) is 103 Å². The van der Waals surface area contributed by atoms with Gasteiger partial charge in [0, 0.05) is 6.42 Å². The number of hydrogen-bond acceptors (Lipinski definition) is 4. The van der Waals surface area contributed by atoms with Gasteiger partial charge >= 0.3 is 11.9 Å². The van der Waals surface area contributed by atoms with Crippen molar-refractivity contribution in [3.05, 3.63) is 0 Å². The summed E-state index contributed by atoms with van der Waals surface area (Å²) >= 11 is 0. The van der Waals surface area contributed by atoms with Crippen molar-refractivity contribution in [2.75, 3.05) is 13.2 Å². The summed E-state index contributed by atoms with van der Waals surface area (Å²) in [6.45, 7) is 0.364. The molecule has 0 saturated carbocycles. The number of carboxylic acid groups (broad SMARTS) is 1. The maximum atomic E-state index is 11.1. The normalized spacial score (nSPS) is 10.9. The van der Waals surface area contributed by atoms with Crippen molar-refractivity contribution in [2.45, 2.75) is 128 Å². The summed E-state index contributed by atoms with van der Waals surface area (Å²) in [5, 5.41) is 17.2. The Morgan fingerprint density at radius 1 is 0.517 bits per heavy atom. The molecule has 0 fully saturated rings. The van der Waals surface area contributed by atoms with E-state index < -0.39 is 5.97 Å². The molecule has 2 N–H and O–H groups in total. The molecular formula is C24H46O5. The van der Waals surface area contributed by atoms with E-state index in [1.807, 2.05) is 0 Å².